The zero-order chi connectivity index (χ0) is 17.2. The Labute approximate surface area is 152 Å². The first kappa shape index (κ1) is 18.5. The first-order valence-corrected chi connectivity index (χ1v) is 8.48. The van der Waals surface area contributed by atoms with Crippen LogP contribution in [0.1, 0.15) is 22.3 Å². The van der Waals surface area contributed by atoms with Crippen LogP contribution in [-0.2, 0) is 12.8 Å². The van der Waals surface area contributed by atoms with Gasteiger partial charge >= 0.3 is 7.69 Å². The maximum atomic E-state index is 7.00. The third kappa shape index (κ3) is 5.64. The smallest absolute Gasteiger partial charge is 0.429 e. The minimum Gasteiger partial charge on any atom is -0.429 e. The lowest BCUT2D eigenvalue weighted by Gasteiger charge is -2.12. The van der Waals surface area contributed by atoms with Crippen LogP contribution in [0.2, 0.25) is 0 Å². The van der Waals surface area contributed by atoms with Gasteiger partial charge < -0.3 is 10.0 Å². The molecule has 0 aliphatic heterocycles. The Morgan fingerprint density at radius 1 is 0.667 bits per heavy atom. The Morgan fingerprint density at radius 3 is 1.71 bits per heavy atom. The molecule has 0 amide bonds. The van der Waals surface area contributed by atoms with Crippen molar-refractivity contribution >= 4 is 23.6 Å². The molecule has 0 spiro atoms. The number of hydrogen-bond acceptors (Lipinski definition) is 2. The van der Waals surface area contributed by atoms with Gasteiger partial charge in [0.25, 0.3) is 0 Å². The van der Waals surface area contributed by atoms with Gasteiger partial charge in [0.1, 0.15) is 0 Å². The monoisotopic (exact) mass is 381 g/mol. The number of rotatable bonds is 4. The Bertz CT molecular complexity index is 733. The molecule has 0 heterocycles. The zero-order valence-corrected chi connectivity index (χ0v) is 14.9. The minimum absolute atomic E-state index is 0. The average Bonchev–Trinajstić information content (AvgIpc) is 2.61. The van der Waals surface area contributed by atoms with Crippen LogP contribution in [0.3, 0.4) is 0 Å². The van der Waals surface area contributed by atoms with E-state index in [2.05, 4.69) is 94.8 Å². The largest absolute Gasteiger partial charge is 0.482 e. The summed E-state index contributed by atoms with van der Waals surface area (Å²) in [6.07, 6.45) is 1.94. The summed E-state index contributed by atoms with van der Waals surface area (Å²) < 4.78 is 1.19. The molecule has 0 fully saturated rings. The molecule has 2 nitrogen and oxygen atoms in total. The summed E-state index contributed by atoms with van der Waals surface area (Å²) in [7, 11) is 0. The summed E-state index contributed by atoms with van der Waals surface area (Å²) in [6, 6.07) is 27.8. The zero-order valence-electron chi connectivity index (χ0n) is 13.3. The highest BCUT2D eigenvalue weighted by atomic mass is 79.9. The van der Waals surface area contributed by atoms with Gasteiger partial charge in [-0.05, 0) is 41.2 Å². The predicted molar refractivity (Wildman–Crippen MR) is 103 cm³/mol. The van der Waals surface area contributed by atoms with Gasteiger partial charge in [0.2, 0.25) is 0 Å². The Hall–Kier alpha value is -1.88. The standard InChI is InChI=1S/C20H17Br.BH2O2/c21-20-13-7-12-18(14-16-8-3-1-4-9-16)19(20)15-17-10-5-2-6-11-17;2-1-3/h1-13H,14-15H2;2-3H. The highest BCUT2D eigenvalue weighted by Gasteiger charge is 2.08. The van der Waals surface area contributed by atoms with E-state index in [0.717, 1.165) is 12.8 Å². The Morgan fingerprint density at radius 2 is 1.17 bits per heavy atom. The van der Waals surface area contributed by atoms with E-state index < -0.39 is 0 Å². The van der Waals surface area contributed by atoms with Crippen molar-refractivity contribution in [1.29, 1.82) is 0 Å². The van der Waals surface area contributed by atoms with Crippen molar-refractivity contribution in [2.75, 3.05) is 0 Å². The van der Waals surface area contributed by atoms with Crippen molar-refractivity contribution in [2.24, 2.45) is 0 Å². The third-order valence-electron chi connectivity index (χ3n) is 3.68. The van der Waals surface area contributed by atoms with E-state index >= 15 is 0 Å². The molecular weight excluding hydrogens is 363 g/mol. The van der Waals surface area contributed by atoms with Gasteiger partial charge in [-0.2, -0.15) is 0 Å². The summed E-state index contributed by atoms with van der Waals surface area (Å²) >= 11 is 3.72. The lowest BCUT2D eigenvalue weighted by molar-refractivity contribution is 0.448. The maximum absolute atomic E-state index is 7.00. The van der Waals surface area contributed by atoms with Gasteiger partial charge in [-0.3, -0.25) is 0 Å². The van der Waals surface area contributed by atoms with Crippen molar-refractivity contribution in [3.63, 3.8) is 0 Å². The molecule has 2 N–H and O–H groups in total. The van der Waals surface area contributed by atoms with Crippen molar-refractivity contribution in [3.8, 4) is 0 Å². The topological polar surface area (TPSA) is 40.5 Å². The fourth-order valence-electron chi connectivity index (χ4n) is 2.58. The molecule has 0 saturated heterocycles. The lowest BCUT2D eigenvalue weighted by Crippen LogP contribution is -1.98. The third-order valence-corrected chi connectivity index (χ3v) is 4.42. The van der Waals surface area contributed by atoms with Crippen LogP contribution in [0.25, 0.3) is 0 Å². The van der Waals surface area contributed by atoms with E-state index in [9.17, 15) is 0 Å². The molecule has 3 rings (SSSR count). The summed E-state index contributed by atoms with van der Waals surface area (Å²) in [6.45, 7) is 0. The Balaban J connectivity index is 0.000000647. The van der Waals surface area contributed by atoms with Crippen molar-refractivity contribution in [2.45, 2.75) is 12.8 Å². The molecule has 1 radical (unpaired) electrons. The lowest BCUT2D eigenvalue weighted by atomic mass is 9.95. The minimum atomic E-state index is 0. The second-order valence-corrected chi connectivity index (χ2v) is 6.17. The van der Waals surface area contributed by atoms with Crippen molar-refractivity contribution < 1.29 is 10.0 Å². The molecule has 3 aromatic carbocycles. The summed E-state index contributed by atoms with van der Waals surface area (Å²) in [4.78, 5) is 0. The van der Waals surface area contributed by atoms with E-state index in [4.69, 9.17) is 10.0 Å². The highest BCUT2D eigenvalue weighted by molar-refractivity contribution is 9.10. The van der Waals surface area contributed by atoms with Gasteiger partial charge in [-0.1, -0.05) is 88.7 Å². The maximum Gasteiger partial charge on any atom is 0.482 e. The van der Waals surface area contributed by atoms with Crippen LogP contribution in [-0.4, -0.2) is 17.7 Å². The fraction of sp³-hybridized carbons (Fsp3) is 0.100. The van der Waals surface area contributed by atoms with E-state index in [1.165, 1.54) is 26.7 Å². The van der Waals surface area contributed by atoms with Crippen LogP contribution < -0.4 is 0 Å². The van der Waals surface area contributed by atoms with Gasteiger partial charge in [0.15, 0.2) is 0 Å². The first-order valence-electron chi connectivity index (χ1n) is 7.68. The van der Waals surface area contributed by atoms with Crippen LogP contribution in [0.5, 0.6) is 0 Å². The Kier molecular flexibility index (Phi) is 7.76. The molecule has 0 unspecified atom stereocenters. The second-order valence-electron chi connectivity index (χ2n) is 5.32. The van der Waals surface area contributed by atoms with E-state index in [-0.39, 0.29) is 7.69 Å². The highest BCUT2D eigenvalue weighted by Crippen LogP contribution is 2.25. The van der Waals surface area contributed by atoms with Crippen LogP contribution in [0, 0.1) is 0 Å². The van der Waals surface area contributed by atoms with Crippen LogP contribution >= 0.6 is 15.9 Å². The molecule has 3 aromatic rings. The molecular formula is C20H19BBrO2. The molecule has 0 bridgehead atoms. The fourth-order valence-corrected chi connectivity index (χ4v) is 3.13. The summed E-state index contributed by atoms with van der Waals surface area (Å²) in [5.41, 5.74) is 5.47. The predicted octanol–water partition coefficient (Wildman–Crippen LogP) is 4.14. The average molecular weight is 382 g/mol. The van der Waals surface area contributed by atoms with E-state index in [1.807, 2.05) is 0 Å². The molecule has 0 atom stereocenters. The first-order chi connectivity index (χ1) is 11.7. The molecule has 0 aromatic heterocycles. The molecule has 4 heteroatoms. The van der Waals surface area contributed by atoms with E-state index in [0.29, 0.717) is 0 Å². The molecule has 24 heavy (non-hydrogen) atoms. The van der Waals surface area contributed by atoms with Crippen molar-refractivity contribution in [1.82, 2.24) is 0 Å². The van der Waals surface area contributed by atoms with Crippen molar-refractivity contribution in [3.05, 3.63) is 106 Å². The van der Waals surface area contributed by atoms with Gasteiger partial charge in [0.05, 0.1) is 0 Å². The number of benzene rings is 3. The molecule has 0 aliphatic carbocycles. The number of halogens is 1. The summed E-state index contributed by atoms with van der Waals surface area (Å²) in [5, 5.41) is 14.0. The molecule has 0 aliphatic rings. The van der Waals surface area contributed by atoms with Crippen LogP contribution in [0.4, 0.5) is 0 Å². The van der Waals surface area contributed by atoms with Gasteiger partial charge in [-0.15, -0.1) is 0 Å². The van der Waals surface area contributed by atoms with E-state index in [1.54, 1.807) is 0 Å². The molecule has 121 valence electrons. The van der Waals surface area contributed by atoms with Crippen LogP contribution in [0.15, 0.2) is 83.3 Å². The quantitative estimate of drug-likeness (QED) is 0.667. The molecule has 0 saturated carbocycles. The normalized spacial score (nSPS) is 9.79. The SMILES string of the molecule is Brc1cccc(Cc2ccccc2)c1Cc1ccccc1.O[B]O. The number of hydrogen-bond donors (Lipinski definition) is 2. The summed E-state index contributed by atoms with van der Waals surface area (Å²) in [5.74, 6) is 0. The second kappa shape index (κ2) is 10.1. The van der Waals surface area contributed by atoms with Gasteiger partial charge in [0, 0.05) is 4.47 Å². The van der Waals surface area contributed by atoms with Gasteiger partial charge in [-0.25, -0.2) is 0 Å².